The molecule has 6 fully saturated rings. The zero-order chi connectivity index (χ0) is 54.6. The fourth-order valence-corrected chi connectivity index (χ4v) is 16.7. The predicted molar refractivity (Wildman–Crippen MR) is 282 cm³/mol. The van der Waals surface area contributed by atoms with Crippen molar-refractivity contribution in [3.63, 3.8) is 0 Å². The first-order valence-corrected chi connectivity index (χ1v) is 27.3. The van der Waals surface area contributed by atoms with E-state index in [0.29, 0.717) is 94.9 Å². The largest absolute Gasteiger partial charge is 0.351 e. The van der Waals surface area contributed by atoms with Gasteiger partial charge >= 0.3 is 0 Å². The molecule has 1 aromatic heterocycles. The van der Waals surface area contributed by atoms with Crippen LogP contribution in [0.5, 0.6) is 0 Å². The van der Waals surface area contributed by atoms with Crippen molar-refractivity contribution in [2.24, 2.45) is 0 Å². The number of hydrogen-bond acceptors (Lipinski definition) is 18. The second kappa shape index (κ2) is 17.7. The summed E-state index contributed by atoms with van der Waals surface area (Å²) in [4.78, 5) is 21.8. The molecule has 1 atom stereocenters. The highest BCUT2D eigenvalue weighted by Crippen LogP contribution is 2.53. The van der Waals surface area contributed by atoms with Gasteiger partial charge in [-0.3, -0.25) is 0 Å². The van der Waals surface area contributed by atoms with Crippen molar-refractivity contribution >= 4 is 17.8 Å². The fourth-order valence-electron chi connectivity index (χ4n) is 16.7. The van der Waals surface area contributed by atoms with Crippen LogP contribution in [0, 0.1) is 0 Å². The summed E-state index contributed by atoms with van der Waals surface area (Å²) < 4.78 is 0. The average molecular weight is 1020 g/mol. The van der Waals surface area contributed by atoms with Crippen LogP contribution in [-0.4, -0.2) is 173 Å². The monoisotopic (exact) mass is 1010 g/mol. The van der Waals surface area contributed by atoms with Gasteiger partial charge in [-0.1, -0.05) is 0 Å². The highest BCUT2D eigenvalue weighted by molar-refractivity contribution is 5.50. The molecule has 18 nitrogen and oxygen atoms in total. The number of rotatable bonds is 8. The first-order valence-electron chi connectivity index (χ1n) is 27.3. The van der Waals surface area contributed by atoms with E-state index < -0.39 is 66.5 Å². The molecule has 7 heterocycles. The third kappa shape index (κ3) is 10.3. The Morgan fingerprint density at radius 3 is 0.833 bits per heavy atom. The van der Waals surface area contributed by atoms with Gasteiger partial charge in [0.1, 0.15) is 0 Å². The molecule has 7 N–H and O–H groups in total. The number of hydrogen-bond donors (Lipinski definition) is 7. The summed E-state index contributed by atoms with van der Waals surface area (Å²) in [5.74, 6) is 1.48. The number of hydroxylamine groups is 12. The number of piperidine rings is 6. The molecule has 0 aromatic carbocycles. The molecule has 6 aliphatic heterocycles. The van der Waals surface area contributed by atoms with E-state index in [-0.39, 0.29) is 30.2 Å². The van der Waals surface area contributed by atoms with Gasteiger partial charge in [-0.25, -0.2) is 0 Å². The minimum Gasteiger partial charge on any atom is -0.351 e. The molecule has 72 heavy (non-hydrogen) atoms. The summed E-state index contributed by atoms with van der Waals surface area (Å²) in [6, 6.07) is -0.708. The van der Waals surface area contributed by atoms with Gasteiger partial charge < -0.3 is 46.4 Å². The number of aromatic nitrogens is 3. The van der Waals surface area contributed by atoms with Gasteiger partial charge in [-0.05, 0) is 229 Å². The highest BCUT2D eigenvalue weighted by atomic mass is 16.5. The Balaban J connectivity index is 1.48. The summed E-state index contributed by atoms with van der Waals surface area (Å²) in [7, 11) is 0. The zero-order valence-electron chi connectivity index (χ0n) is 49.0. The van der Waals surface area contributed by atoms with Crippen LogP contribution in [0.25, 0.3) is 0 Å². The number of nitrogens with one attached hydrogen (secondary N) is 1. The Hall–Kier alpha value is -2.07. The Kier molecular flexibility index (Phi) is 14.2. The molecule has 0 bridgehead atoms. The van der Waals surface area contributed by atoms with E-state index in [0.717, 1.165) is 0 Å². The molecule has 414 valence electrons. The van der Waals surface area contributed by atoms with E-state index in [4.69, 9.17) is 15.0 Å². The summed E-state index contributed by atoms with van der Waals surface area (Å²) >= 11 is 0. The Morgan fingerprint density at radius 1 is 0.333 bits per heavy atom. The Morgan fingerprint density at radius 2 is 0.569 bits per heavy atom. The molecule has 1 aromatic rings. The van der Waals surface area contributed by atoms with Crippen LogP contribution in [-0.2, 0) is 0 Å². The van der Waals surface area contributed by atoms with Crippen molar-refractivity contribution in [3.05, 3.63) is 0 Å². The van der Waals surface area contributed by atoms with E-state index in [1.54, 1.807) is 5.06 Å². The molecule has 6 saturated heterocycles. The normalized spacial score (nSPS) is 31.9. The molecular weight excluding hydrogens is 913 g/mol. The number of nitrogens with zero attached hydrogens (tertiary/aromatic N) is 11. The maximum Gasteiger partial charge on any atom is 0.232 e. The standard InChI is InChI=1S/C54H102N12O6/c1-43(2)23-35(24-54(66(43)72)33-52(19,20)65(71)53(21,22)34-54)55-40-56-41(59(36-25-44(3,4)61(67)45(5,6)26-36)37-27-46(7,8)62(68)47(9,10)28-37)58-42(57-40)60(38-29-48(11,12)63(69)49(13,14)30-38)39-31-50(15,16)64(70)51(17,18)32-39/h35-39,67-72H,23-34H2,1-22H3,(H,55,56,57,58). The van der Waals surface area contributed by atoms with E-state index >= 15 is 0 Å². The van der Waals surface area contributed by atoms with Crippen LogP contribution < -0.4 is 15.1 Å². The van der Waals surface area contributed by atoms with Gasteiger partial charge in [0.05, 0.1) is 5.54 Å². The first-order chi connectivity index (χ1) is 32.2. The van der Waals surface area contributed by atoms with Gasteiger partial charge in [-0.15, -0.1) is 0 Å². The molecule has 1 unspecified atom stereocenters. The van der Waals surface area contributed by atoms with Crippen LogP contribution >= 0.6 is 0 Å². The molecule has 6 aliphatic rings. The molecule has 0 saturated carbocycles. The molecular formula is C54H102N12O6. The quantitative estimate of drug-likeness (QED) is 0.130. The molecule has 7 rings (SSSR count). The van der Waals surface area contributed by atoms with Crippen LogP contribution in [0.15, 0.2) is 0 Å². The van der Waals surface area contributed by atoms with E-state index in [1.165, 1.54) is 25.3 Å². The topological polar surface area (TPSA) is 198 Å². The minimum absolute atomic E-state index is 0.129. The zero-order valence-corrected chi connectivity index (χ0v) is 49.0. The van der Waals surface area contributed by atoms with E-state index in [1.807, 2.05) is 27.7 Å². The lowest BCUT2D eigenvalue weighted by molar-refractivity contribution is -0.323. The fraction of sp³-hybridized carbons (Fsp3) is 0.944. The van der Waals surface area contributed by atoms with Crippen LogP contribution in [0.2, 0.25) is 0 Å². The van der Waals surface area contributed by atoms with Crippen molar-refractivity contribution in [2.45, 2.75) is 326 Å². The molecule has 18 heteroatoms. The maximum absolute atomic E-state index is 12.3. The van der Waals surface area contributed by atoms with Crippen molar-refractivity contribution < 1.29 is 31.2 Å². The summed E-state index contributed by atoms with van der Waals surface area (Å²) in [5, 5.41) is 84.0. The van der Waals surface area contributed by atoms with Gasteiger partial charge in [0, 0.05) is 91.1 Å². The van der Waals surface area contributed by atoms with Crippen molar-refractivity contribution in [2.75, 3.05) is 15.1 Å². The number of anilines is 3. The van der Waals surface area contributed by atoms with Crippen molar-refractivity contribution in [3.8, 4) is 0 Å². The van der Waals surface area contributed by atoms with Gasteiger partial charge in [0.25, 0.3) is 0 Å². The summed E-state index contributed by atoms with van der Waals surface area (Å²) in [6.45, 7) is 45.9. The summed E-state index contributed by atoms with van der Waals surface area (Å²) in [6.07, 6.45) is 7.17. The third-order valence-electron chi connectivity index (χ3n) is 18.5. The second-order valence-electron chi connectivity index (χ2n) is 31.0. The van der Waals surface area contributed by atoms with Crippen molar-refractivity contribution in [1.82, 2.24) is 45.3 Å². The van der Waals surface area contributed by atoms with Gasteiger partial charge in [0.2, 0.25) is 17.8 Å². The Bertz CT molecular complexity index is 1880. The van der Waals surface area contributed by atoms with Crippen LogP contribution in [0.4, 0.5) is 17.8 Å². The van der Waals surface area contributed by atoms with Crippen LogP contribution in [0.3, 0.4) is 0 Å². The average Bonchev–Trinajstić information content (AvgIpc) is 3.17. The minimum atomic E-state index is -0.696. The lowest BCUT2D eigenvalue weighted by Gasteiger charge is -2.63. The predicted octanol–water partition coefficient (Wildman–Crippen LogP) is 9.95. The molecule has 1 spiro atoms. The van der Waals surface area contributed by atoms with Gasteiger partial charge in [0.15, 0.2) is 0 Å². The lowest BCUT2D eigenvalue weighted by atomic mass is 9.63. The maximum atomic E-state index is 12.3. The molecule has 0 aliphatic carbocycles. The second-order valence-corrected chi connectivity index (χ2v) is 31.0. The molecule has 0 amide bonds. The Labute approximate surface area is 434 Å². The van der Waals surface area contributed by atoms with Crippen molar-refractivity contribution in [1.29, 1.82) is 0 Å². The lowest BCUT2D eigenvalue weighted by Crippen LogP contribution is -2.73. The third-order valence-corrected chi connectivity index (χ3v) is 18.5. The molecule has 0 radical (unpaired) electrons. The van der Waals surface area contributed by atoms with Gasteiger partial charge in [-0.2, -0.15) is 45.3 Å². The smallest absolute Gasteiger partial charge is 0.232 e. The highest BCUT2D eigenvalue weighted by Gasteiger charge is 2.61. The van der Waals surface area contributed by atoms with Crippen LogP contribution in [0.1, 0.15) is 229 Å². The summed E-state index contributed by atoms with van der Waals surface area (Å²) in [5.41, 5.74) is -7.48. The first kappa shape index (κ1) is 57.6. The SMILES string of the molecule is CC1(C)CC(N(c2nc(NC3CC(C)(C)N(O)C4(C3)CC(C)(C)N(O)C(C)(C)C4)nc(N(C3CC(C)(C)N(O)C(C)(C)C3)C3CC(C)(C)N(O)C(C)(C)C3)n2)C2CC(C)(C)N(O)C(C)(C)C2)CC(C)(C)N1O. The van der Waals surface area contributed by atoms with E-state index in [9.17, 15) is 31.2 Å². The van der Waals surface area contributed by atoms with E-state index in [2.05, 4.69) is 140 Å².